The Bertz CT molecular complexity index is 371. The summed E-state index contributed by atoms with van der Waals surface area (Å²) in [5, 5.41) is 2.98. The summed E-state index contributed by atoms with van der Waals surface area (Å²) < 4.78 is 5.42. The van der Waals surface area contributed by atoms with E-state index in [4.69, 9.17) is 21.9 Å². The van der Waals surface area contributed by atoms with E-state index in [9.17, 15) is 4.79 Å². The van der Waals surface area contributed by atoms with Gasteiger partial charge in [-0.3, -0.25) is 10.2 Å². The molecule has 86 valence electrons. The smallest absolute Gasteiger partial charge is 0.150 e. The van der Waals surface area contributed by atoms with Crippen molar-refractivity contribution in [2.45, 2.75) is 5.88 Å². The molecule has 0 aliphatic carbocycles. The van der Waals surface area contributed by atoms with Crippen LogP contribution in [0.5, 0.6) is 5.75 Å². The van der Waals surface area contributed by atoms with Gasteiger partial charge in [-0.2, -0.15) is 5.53 Å². The van der Waals surface area contributed by atoms with Crippen molar-refractivity contribution in [1.82, 2.24) is 5.43 Å². The SMILES string of the molecule is N=NNCCOc1ccc(C=O)cc1CCl. The van der Waals surface area contributed by atoms with Crippen molar-refractivity contribution < 1.29 is 9.53 Å². The van der Waals surface area contributed by atoms with E-state index < -0.39 is 0 Å². The standard InChI is InChI=1S/C10H12ClN3O2/c11-6-9-5-8(7-15)1-2-10(9)16-4-3-13-14-12/h1-2,5,7H,3-4,6H2,(H2,12,13). The molecule has 6 heteroatoms. The molecule has 0 unspecified atom stereocenters. The number of carbonyl (C=O) groups is 1. The van der Waals surface area contributed by atoms with Gasteiger partial charge in [0.05, 0.1) is 12.4 Å². The second-order valence-corrected chi connectivity index (χ2v) is 3.25. The Labute approximate surface area is 98.2 Å². The van der Waals surface area contributed by atoms with Gasteiger partial charge in [0.15, 0.2) is 0 Å². The summed E-state index contributed by atoms with van der Waals surface area (Å²) in [6.45, 7) is 0.827. The number of rotatable bonds is 7. The molecule has 0 aliphatic rings. The molecule has 0 spiro atoms. The predicted molar refractivity (Wildman–Crippen MR) is 60.0 cm³/mol. The molecular weight excluding hydrogens is 230 g/mol. The molecule has 0 aliphatic heterocycles. The number of nitrogens with one attached hydrogen (secondary N) is 2. The summed E-state index contributed by atoms with van der Waals surface area (Å²) in [5.41, 5.74) is 10.3. The van der Waals surface area contributed by atoms with Crippen molar-refractivity contribution in [2.75, 3.05) is 13.2 Å². The summed E-state index contributed by atoms with van der Waals surface area (Å²) in [4.78, 5) is 10.6. The average molecular weight is 242 g/mol. The molecule has 0 bridgehead atoms. The maximum atomic E-state index is 10.6. The summed E-state index contributed by atoms with van der Waals surface area (Å²) in [6, 6.07) is 5.07. The Morgan fingerprint density at radius 1 is 1.56 bits per heavy atom. The van der Waals surface area contributed by atoms with Crippen molar-refractivity contribution in [1.29, 1.82) is 5.53 Å². The van der Waals surface area contributed by atoms with Gasteiger partial charge >= 0.3 is 0 Å². The molecule has 0 fully saturated rings. The third-order valence-corrected chi connectivity index (χ3v) is 2.20. The summed E-state index contributed by atoms with van der Waals surface area (Å²) in [5.74, 6) is 0.931. The quantitative estimate of drug-likeness (QED) is 0.253. The number of alkyl halides is 1. The Balaban J connectivity index is 2.64. The molecule has 16 heavy (non-hydrogen) atoms. The first-order chi connectivity index (χ1) is 7.81. The van der Waals surface area contributed by atoms with Gasteiger partial charge in [-0.15, -0.1) is 11.6 Å². The maximum absolute atomic E-state index is 10.6. The Kier molecular flexibility index (Phi) is 5.28. The van der Waals surface area contributed by atoms with Crippen LogP contribution in [0.4, 0.5) is 0 Å². The molecular formula is C10H12ClN3O2. The van der Waals surface area contributed by atoms with Gasteiger partial charge in [0.1, 0.15) is 18.6 Å². The van der Waals surface area contributed by atoms with Crippen LogP contribution in [0.2, 0.25) is 0 Å². The molecule has 1 aromatic rings. The number of hydrogen-bond donors (Lipinski definition) is 2. The number of halogens is 1. The van der Waals surface area contributed by atoms with Crippen LogP contribution >= 0.6 is 11.6 Å². The lowest BCUT2D eigenvalue weighted by Gasteiger charge is -2.09. The fraction of sp³-hybridized carbons (Fsp3) is 0.300. The minimum Gasteiger partial charge on any atom is -0.491 e. The van der Waals surface area contributed by atoms with E-state index in [1.54, 1.807) is 18.2 Å². The van der Waals surface area contributed by atoms with E-state index in [0.717, 1.165) is 11.8 Å². The second kappa shape index (κ2) is 6.79. The average Bonchev–Trinajstić information content (AvgIpc) is 2.34. The highest BCUT2D eigenvalue weighted by Crippen LogP contribution is 2.21. The van der Waals surface area contributed by atoms with Crippen molar-refractivity contribution in [3.05, 3.63) is 29.3 Å². The molecule has 0 saturated carbocycles. The normalized spacial score (nSPS) is 9.56. The van der Waals surface area contributed by atoms with Gasteiger partial charge < -0.3 is 4.74 Å². The maximum Gasteiger partial charge on any atom is 0.150 e. The molecule has 0 heterocycles. The van der Waals surface area contributed by atoms with Crippen LogP contribution in [0.1, 0.15) is 15.9 Å². The van der Waals surface area contributed by atoms with Crippen LogP contribution in [0.3, 0.4) is 0 Å². The third-order valence-electron chi connectivity index (χ3n) is 1.92. The van der Waals surface area contributed by atoms with Gasteiger partial charge in [-0.1, -0.05) is 5.22 Å². The summed E-state index contributed by atoms with van der Waals surface area (Å²) >= 11 is 5.74. The molecule has 0 aromatic heterocycles. The lowest BCUT2D eigenvalue weighted by atomic mass is 10.1. The zero-order valence-corrected chi connectivity index (χ0v) is 9.33. The molecule has 1 rings (SSSR count). The van der Waals surface area contributed by atoms with Gasteiger partial charge in [0.2, 0.25) is 0 Å². The fourth-order valence-electron chi connectivity index (χ4n) is 1.18. The molecule has 1 aromatic carbocycles. The number of hydrogen-bond acceptors (Lipinski definition) is 4. The Morgan fingerprint density at radius 3 is 3.00 bits per heavy atom. The zero-order valence-electron chi connectivity index (χ0n) is 8.57. The third kappa shape index (κ3) is 3.51. The van der Waals surface area contributed by atoms with Crippen LogP contribution in [0, 0.1) is 5.53 Å². The highest BCUT2D eigenvalue weighted by Gasteiger charge is 2.03. The minimum absolute atomic E-state index is 0.285. The fourth-order valence-corrected chi connectivity index (χ4v) is 1.39. The van der Waals surface area contributed by atoms with Crippen LogP contribution in [0.15, 0.2) is 23.4 Å². The van der Waals surface area contributed by atoms with Crippen LogP contribution in [-0.4, -0.2) is 19.4 Å². The first-order valence-corrected chi connectivity index (χ1v) is 5.21. The first-order valence-electron chi connectivity index (χ1n) is 4.68. The van der Waals surface area contributed by atoms with Crippen molar-refractivity contribution in [3.8, 4) is 5.75 Å². The van der Waals surface area contributed by atoms with E-state index in [1.165, 1.54) is 0 Å². The van der Waals surface area contributed by atoms with Gasteiger partial charge in [-0.05, 0) is 18.2 Å². The molecule has 0 atom stereocenters. The van der Waals surface area contributed by atoms with Crippen LogP contribution in [-0.2, 0) is 5.88 Å². The largest absolute Gasteiger partial charge is 0.491 e. The van der Waals surface area contributed by atoms with Crippen LogP contribution in [0.25, 0.3) is 0 Å². The molecule has 0 amide bonds. The number of nitrogens with zero attached hydrogens (tertiary/aromatic N) is 1. The van der Waals surface area contributed by atoms with Crippen molar-refractivity contribution >= 4 is 17.9 Å². The summed E-state index contributed by atoms with van der Waals surface area (Å²) in [6.07, 6.45) is 0.764. The van der Waals surface area contributed by atoms with E-state index in [0.29, 0.717) is 24.5 Å². The molecule has 0 radical (unpaired) electrons. The number of benzene rings is 1. The summed E-state index contributed by atoms with van der Waals surface area (Å²) in [7, 11) is 0. The van der Waals surface area contributed by atoms with E-state index in [-0.39, 0.29) is 5.88 Å². The number of ether oxygens (including phenoxy) is 1. The van der Waals surface area contributed by atoms with E-state index in [1.807, 2.05) is 0 Å². The Hall–Kier alpha value is -1.62. The second-order valence-electron chi connectivity index (χ2n) is 2.99. The van der Waals surface area contributed by atoms with Gasteiger partial charge in [0.25, 0.3) is 0 Å². The van der Waals surface area contributed by atoms with Crippen molar-refractivity contribution in [3.63, 3.8) is 0 Å². The van der Waals surface area contributed by atoms with Crippen molar-refractivity contribution in [2.24, 2.45) is 5.22 Å². The lowest BCUT2D eigenvalue weighted by molar-refractivity contribution is 0.112. The zero-order chi connectivity index (χ0) is 11.8. The highest BCUT2D eigenvalue weighted by molar-refractivity contribution is 6.17. The first kappa shape index (κ1) is 12.4. The molecule has 2 N–H and O–H groups in total. The van der Waals surface area contributed by atoms with Gasteiger partial charge in [0, 0.05) is 11.1 Å². The van der Waals surface area contributed by atoms with Gasteiger partial charge in [-0.25, -0.2) is 0 Å². The van der Waals surface area contributed by atoms with E-state index >= 15 is 0 Å². The minimum atomic E-state index is 0.285. The monoisotopic (exact) mass is 241 g/mol. The molecule has 0 saturated heterocycles. The predicted octanol–water partition coefficient (Wildman–Crippen LogP) is 2.15. The topological polar surface area (TPSA) is 74.5 Å². The van der Waals surface area contributed by atoms with Crippen LogP contribution < -0.4 is 10.2 Å². The number of aldehydes is 1. The molecule has 5 nitrogen and oxygen atoms in total. The van der Waals surface area contributed by atoms with E-state index in [2.05, 4.69) is 10.6 Å². The number of carbonyl (C=O) groups excluding carboxylic acids is 1. The highest BCUT2D eigenvalue weighted by atomic mass is 35.5. The Morgan fingerprint density at radius 2 is 2.38 bits per heavy atom. The lowest BCUT2D eigenvalue weighted by Crippen LogP contribution is -2.15.